The molecule has 220 valence electrons. The lowest BCUT2D eigenvalue weighted by Crippen LogP contribution is -2.13. The maximum atomic E-state index is 15.0. The van der Waals surface area contributed by atoms with Gasteiger partial charge in [-0.2, -0.15) is 9.65 Å². The number of nitrogens with two attached hydrogens (primary N) is 1. The first-order chi connectivity index (χ1) is 20.6. The number of carbonyl (C=O) groups is 1. The Bertz CT molecular complexity index is 1850. The fraction of sp³-hybridized carbons (Fsp3) is 0.167. The molecule has 4 N–H and O–H groups in total. The molecule has 1 atom stereocenters. The average molecular weight is 628 g/mol. The van der Waals surface area contributed by atoms with Crippen molar-refractivity contribution in [3.05, 3.63) is 106 Å². The molecule has 3 aromatic carbocycles. The number of aromatic nitrogens is 3. The Morgan fingerprint density at radius 1 is 1.00 bits per heavy atom. The summed E-state index contributed by atoms with van der Waals surface area (Å²) in [5, 5.41) is 21.5. The highest BCUT2D eigenvalue weighted by Crippen LogP contribution is 2.39. The van der Waals surface area contributed by atoms with Crippen molar-refractivity contribution in [3.8, 4) is 27.5 Å². The second-order valence-corrected chi connectivity index (χ2v) is 12.2. The van der Waals surface area contributed by atoms with Crippen molar-refractivity contribution in [2.45, 2.75) is 30.6 Å². The number of benzene rings is 3. The molecule has 0 saturated heterocycles. The number of aromatic carboxylic acids is 1. The van der Waals surface area contributed by atoms with Gasteiger partial charge in [0.05, 0.1) is 11.4 Å². The van der Waals surface area contributed by atoms with E-state index in [-0.39, 0.29) is 28.1 Å². The first-order valence-electron chi connectivity index (χ1n) is 13.1. The van der Waals surface area contributed by atoms with Crippen molar-refractivity contribution in [2.75, 3.05) is 0 Å². The molecule has 13 heteroatoms. The molecule has 0 spiro atoms. The molecule has 1 aliphatic rings. The van der Waals surface area contributed by atoms with Gasteiger partial charge < -0.3 is 5.11 Å². The topological polar surface area (TPSA) is 114 Å². The molecule has 2 heterocycles. The van der Waals surface area contributed by atoms with E-state index < -0.39 is 40.6 Å². The molecule has 0 radical (unpaired) electrons. The van der Waals surface area contributed by atoms with Crippen LogP contribution in [0.3, 0.4) is 0 Å². The zero-order valence-electron chi connectivity index (χ0n) is 22.2. The summed E-state index contributed by atoms with van der Waals surface area (Å²) in [6.07, 6.45) is 2.74. The maximum Gasteiger partial charge on any atom is 0.355 e. The molecule has 6 rings (SSSR count). The van der Waals surface area contributed by atoms with Crippen molar-refractivity contribution in [1.82, 2.24) is 14.8 Å². The summed E-state index contributed by atoms with van der Waals surface area (Å²) in [5.74, 6) is -3.92. The highest BCUT2D eigenvalue weighted by molar-refractivity contribution is 7.89. The van der Waals surface area contributed by atoms with Crippen molar-refractivity contribution < 1.29 is 32.0 Å². The third-order valence-electron chi connectivity index (χ3n) is 7.18. The molecule has 1 saturated carbocycles. The maximum absolute atomic E-state index is 15.0. The van der Waals surface area contributed by atoms with Crippen molar-refractivity contribution in [2.24, 2.45) is 11.1 Å². The van der Waals surface area contributed by atoms with E-state index in [0.717, 1.165) is 42.0 Å². The minimum atomic E-state index is -1.77. The minimum absolute atomic E-state index is 0.000829. The molecular weight excluding hydrogens is 604 g/mol. The molecular formula is C30H23F4N4O3S2+. The zero-order valence-corrected chi connectivity index (χ0v) is 23.9. The van der Waals surface area contributed by atoms with Gasteiger partial charge in [0.1, 0.15) is 17.5 Å². The Hall–Kier alpha value is -4.04. The van der Waals surface area contributed by atoms with E-state index in [1.165, 1.54) is 35.7 Å². The van der Waals surface area contributed by atoms with Crippen LogP contribution in [0.5, 0.6) is 0 Å². The van der Waals surface area contributed by atoms with Crippen LogP contribution in [0.1, 0.15) is 40.2 Å². The largest absolute Gasteiger partial charge is 0.476 e. The standard InChI is InChI=1S/C30H22F4N4O3S2/c31-19-10-18(11-20(32)13-19)21-12-17(4-5-23(21)33)28-22(7-16-3-6-27(43(35)41)24(34)8-16)26(9-15-1-2-15)38(37-28)30-36-25(14-42-30)29(39)40/h3-6,8,10-15,41H,1-2,7,9,35H2/p+1. The second kappa shape index (κ2) is 11.6. The normalized spacial score (nSPS) is 13.8. The number of carboxylic acids is 1. The van der Waals surface area contributed by atoms with Gasteiger partial charge in [-0.1, -0.05) is 6.07 Å². The van der Waals surface area contributed by atoms with Gasteiger partial charge in [0, 0.05) is 40.6 Å². The van der Waals surface area contributed by atoms with Crippen LogP contribution in [0.25, 0.3) is 27.5 Å². The number of hydrogen-bond donors (Lipinski definition) is 3. The second-order valence-electron chi connectivity index (χ2n) is 10.3. The monoisotopic (exact) mass is 627 g/mol. The quantitative estimate of drug-likeness (QED) is 0.123. The van der Waals surface area contributed by atoms with E-state index in [4.69, 9.17) is 10.2 Å². The zero-order chi connectivity index (χ0) is 30.4. The van der Waals surface area contributed by atoms with Crippen LogP contribution >= 0.6 is 11.3 Å². The van der Waals surface area contributed by atoms with Gasteiger partial charge in [-0.3, -0.25) is 0 Å². The molecule has 0 aliphatic heterocycles. The SMILES string of the molecule is N[S+](O)c1ccc(Cc2c(-c3ccc(F)c(-c4cc(F)cc(F)c4)c3)nn(-c3nc(C(=O)O)cs3)c2CC2CC2)cc1F. The average Bonchev–Trinajstić information content (AvgIpc) is 3.50. The highest BCUT2D eigenvalue weighted by atomic mass is 32.2. The van der Waals surface area contributed by atoms with E-state index in [9.17, 15) is 27.6 Å². The molecule has 1 unspecified atom stereocenters. The number of nitrogens with zero attached hydrogens (tertiary/aromatic N) is 3. The third-order valence-corrected chi connectivity index (χ3v) is 8.77. The minimum Gasteiger partial charge on any atom is -0.476 e. The van der Waals surface area contributed by atoms with Crippen LogP contribution in [-0.2, 0) is 24.2 Å². The Labute approximate surface area is 249 Å². The van der Waals surface area contributed by atoms with Gasteiger partial charge in [-0.25, -0.2) is 32.0 Å². The summed E-state index contributed by atoms with van der Waals surface area (Å²) < 4.78 is 69.2. The Kier molecular flexibility index (Phi) is 7.81. The van der Waals surface area contributed by atoms with Crippen LogP contribution in [0, 0.1) is 29.2 Å². The summed E-state index contributed by atoms with van der Waals surface area (Å²) in [6, 6.07) is 11.2. The van der Waals surface area contributed by atoms with Gasteiger partial charge in [0.15, 0.2) is 11.5 Å². The summed E-state index contributed by atoms with van der Waals surface area (Å²) in [6.45, 7) is 0. The predicted octanol–water partition coefficient (Wildman–Crippen LogP) is 6.78. The van der Waals surface area contributed by atoms with Crippen LogP contribution < -0.4 is 5.14 Å². The lowest BCUT2D eigenvalue weighted by molar-refractivity contribution is 0.0691. The molecule has 1 aliphatic carbocycles. The first kappa shape index (κ1) is 29.1. The summed E-state index contributed by atoms with van der Waals surface area (Å²) in [7, 11) is 0. The van der Waals surface area contributed by atoms with E-state index in [2.05, 4.69) is 4.98 Å². The van der Waals surface area contributed by atoms with Gasteiger partial charge in [-0.15, -0.1) is 16.5 Å². The number of thiazole rings is 1. The number of rotatable bonds is 9. The Morgan fingerprint density at radius 3 is 2.37 bits per heavy atom. The predicted molar refractivity (Wildman–Crippen MR) is 155 cm³/mol. The fourth-order valence-electron chi connectivity index (χ4n) is 4.96. The molecule has 1 fully saturated rings. The molecule has 2 aromatic heterocycles. The van der Waals surface area contributed by atoms with Crippen LogP contribution in [0.15, 0.2) is 64.9 Å². The number of carboxylic acid groups (broad SMARTS) is 1. The summed E-state index contributed by atoms with van der Waals surface area (Å²) in [4.78, 5) is 15.8. The number of hydrogen-bond acceptors (Lipinski definition) is 6. The van der Waals surface area contributed by atoms with Crippen molar-refractivity contribution in [1.29, 1.82) is 0 Å². The van der Waals surface area contributed by atoms with Crippen molar-refractivity contribution in [3.63, 3.8) is 0 Å². The van der Waals surface area contributed by atoms with Crippen LogP contribution in [0.2, 0.25) is 0 Å². The highest BCUT2D eigenvalue weighted by Gasteiger charge is 2.30. The Balaban J connectivity index is 1.54. The summed E-state index contributed by atoms with van der Waals surface area (Å²) >= 11 is -0.674. The molecule has 5 aromatic rings. The first-order valence-corrected chi connectivity index (χ1v) is 15.2. The fourth-order valence-corrected chi connectivity index (χ4v) is 6.20. The smallest absolute Gasteiger partial charge is 0.355 e. The molecule has 43 heavy (non-hydrogen) atoms. The van der Waals surface area contributed by atoms with E-state index >= 15 is 4.39 Å². The third kappa shape index (κ3) is 6.07. The lowest BCUT2D eigenvalue weighted by atomic mass is 9.95. The lowest BCUT2D eigenvalue weighted by Gasteiger charge is -2.10. The van der Waals surface area contributed by atoms with E-state index in [1.54, 1.807) is 10.7 Å². The van der Waals surface area contributed by atoms with Gasteiger partial charge in [0.25, 0.3) is 11.4 Å². The Morgan fingerprint density at radius 2 is 1.74 bits per heavy atom. The number of halogens is 4. The summed E-state index contributed by atoms with van der Waals surface area (Å²) in [5.41, 5.74) is 2.58. The van der Waals surface area contributed by atoms with E-state index in [1.807, 2.05) is 0 Å². The van der Waals surface area contributed by atoms with Gasteiger partial charge in [-0.05, 0) is 72.7 Å². The van der Waals surface area contributed by atoms with E-state index in [0.29, 0.717) is 45.9 Å². The van der Waals surface area contributed by atoms with Gasteiger partial charge in [0.2, 0.25) is 10.0 Å². The van der Waals surface area contributed by atoms with Crippen LogP contribution in [-0.4, -0.2) is 30.4 Å². The molecule has 0 bridgehead atoms. The van der Waals surface area contributed by atoms with Crippen molar-refractivity contribution >= 4 is 28.7 Å². The molecule has 0 amide bonds. The molecule has 7 nitrogen and oxygen atoms in total. The van der Waals surface area contributed by atoms with Crippen LogP contribution in [0.4, 0.5) is 17.6 Å². The van der Waals surface area contributed by atoms with Gasteiger partial charge >= 0.3 is 5.97 Å².